The summed E-state index contributed by atoms with van der Waals surface area (Å²) in [5.41, 5.74) is 2.46. The zero-order chi connectivity index (χ0) is 28.5. The first-order chi connectivity index (χ1) is 19.4. The van der Waals surface area contributed by atoms with E-state index >= 15 is 0 Å². The second-order valence-corrected chi connectivity index (χ2v) is 9.15. The highest BCUT2D eigenvalue weighted by molar-refractivity contribution is 6.00. The quantitative estimate of drug-likeness (QED) is 0.320. The van der Waals surface area contributed by atoms with Crippen molar-refractivity contribution in [2.24, 2.45) is 0 Å². The standard InChI is InChI=1S/C28H31N7O5/c1-2-31-28(40)33-23-15-19(26(38)32-22(16-25(36)37)20-5-3-9-29-17-20)7-8-24(23)34-11-13-35(14-12-34)27(39)21-6-4-10-30-18-21/h3-10,15,17-18,22H,2,11-14,16H2,1H3,(H,32,38)(H,36,37)(H2,31,33,40). The Morgan fingerprint density at radius 2 is 1.68 bits per heavy atom. The lowest BCUT2D eigenvalue weighted by Gasteiger charge is -2.37. The van der Waals surface area contributed by atoms with E-state index in [-0.39, 0.29) is 17.9 Å². The zero-order valence-electron chi connectivity index (χ0n) is 22.0. The fourth-order valence-electron chi connectivity index (χ4n) is 4.45. The number of aromatic nitrogens is 2. The molecule has 1 aliphatic rings. The fourth-order valence-corrected chi connectivity index (χ4v) is 4.45. The third-order valence-electron chi connectivity index (χ3n) is 6.43. The van der Waals surface area contributed by atoms with Gasteiger partial charge in [-0.15, -0.1) is 0 Å². The number of piperazine rings is 1. The number of aliphatic carboxylic acids is 1. The minimum Gasteiger partial charge on any atom is -0.481 e. The number of hydrogen-bond donors (Lipinski definition) is 4. The van der Waals surface area contributed by atoms with Crippen LogP contribution in [0.15, 0.2) is 67.3 Å². The molecule has 2 aromatic heterocycles. The highest BCUT2D eigenvalue weighted by atomic mass is 16.4. The van der Waals surface area contributed by atoms with Gasteiger partial charge in [-0.05, 0) is 48.9 Å². The molecule has 4 amide bonds. The molecule has 1 saturated heterocycles. The maximum absolute atomic E-state index is 13.2. The number of rotatable bonds is 9. The number of anilines is 2. The number of carboxylic acid groups (broad SMARTS) is 1. The second kappa shape index (κ2) is 13.2. The monoisotopic (exact) mass is 545 g/mol. The average Bonchev–Trinajstić information content (AvgIpc) is 2.97. The summed E-state index contributed by atoms with van der Waals surface area (Å²) in [4.78, 5) is 61.7. The summed E-state index contributed by atoms with van der Waals surface area (Å²) in [5, 5.41) is 17.6. The summed E-state index contributed by atoms with van der Waals surface area (Å²) in [7, 11) is 0. The molecule has 40 heavy (non-hydrogen) atoms. The van der Waals surface area contributed by atoms with Crippen LogP contribution in [0.5, 0.6) is 0 Å². The van der Waals surface area contributed by atoms with Gasteiger partial charge in [0.2, 0.25) is 0 Å². The highest BCUT2D eigenvalue weighted by Gasteiger charge is 2.25. The first-order valence-corrected chi connectivity index (χ1v) is 12.9. The van der Waals surface area contributed by atoms with Crippen molar-refractivity contribution in [1.82, 2.24) is 25.5 Å². The van der Waals surface area contributed by atoms with Crippen molar-refractivity contribution in [3.63, 3.8) is 0 Å². The molecule has 12 heteroatoms. The van der Waals surface area contributed by atoms with Crippen LogP contribution in [0.2, 0.25) is 0 Å². The van der Waals surface area contributed by atoms with Gasteiger partial charge in [-0.3, -0.25) is 24.4 Å². The number of carboxylic acids is 1. The smallest absolute Gasteiger partial charge is 0.319 e. The second-order valence-electron chi connectivity index (χ2n) is 9.15. The van der Waals surface area contributed by atoms with Crippen LogP contribution in [0.1, 0.15) is 45.7 Å². The normalized spacial score (nSPS) is 13.7. The van der Waals surface area contributed by atoms with E-state index in [1.54, 1.807) is 72.9 Å². The molecule has 4 rings (SSSR count). The van der Waals surface area contributed by atoms with E-state index in [1.165, 1.54) is 6.20 Å². The van der Waals surface area contributed by atoms with Crippen molar-refractivity contribution in [2.75, 3.05) is 42.9 Å². The molecule has 4 N–H and O–H groups in total. The van der Waals surface area contributed by atoms with Crippen LogP contribution in [0.3, 0.4) is 0 Å². The number of nitrogens with one attached hydrogen (secondary N) is 3. The molecular formula is C28H31N7O5. The van der Waals surface area contributed by atoms with Crippen LogP contribution in [0, 0.1) is 0 Å². The molecule has 3 aromatic rings. The minimum absolute atomic E-state index is 0.0926. The predicted octanol–water partition coefficient (Wildman–Crippen LogP) is 2.53. The maximum atomic E-state index is 13.2. The predicted molar refractivity (Wildman–Crippen MR) is 148 cm³/mol. The number of carbonyl (C=O) groups excluding carboxylic acids is 3. The van der Waals surface area contributed by atoms with Gasteiger partial charge in [0.25, 0.3) is 11.8 Å². The Balaban J connectivity index is 1.52. The van der Waals surface area contributed by atoms with Gasteiger partial charge in [-0.1, -0.05) is 6.07 Å². The number of hydrogen-bond acceptors (Lipinski definition) is 7. The van der Waals surface area contributed by atoms with E-state index in [9.17, 15) is 24.3 Å². The van der Waals surface area contributed by atoms with Gasteiger partial charge in [0.15, 0.2) is 0 Å². The van der Waals surface area contributed by atoms with Crippen LogP contribution >= 0.6 is 0 Å². The van der Waals surface area contributed by atoms with Gasteiger partial charge >= 0.3 is 12.0 Å². The van der Waals surface area contributed by atoms with Gasteiger partial charge in [0.05, 0.1) is 29.4 Å². The molecule has 3 heterocycles. The van der Waals surface area contributed by atoms with E-state index in [1.807, 2.05) is 4.90 Å². The summed E-state index contributed by atoms with van der Waals surface area (Å²) in [5.74, 6) is -1.65. The Bertz CT molecular complexity index is 1350. The summed E-state index contributed by atoms with van der Waals surface area (Å²) >= 11 is 0. The van der Waals surface area contributed by atoms with Gasteiger partial charge in [0.1, 0.15) is 0 Å². The number of amides is 4. The van der Waals surface area contributed by atoms with Crippen molar-refractivity contribution in [2.45, 2.75) is 19.4 Å². The Labute approximate surface area is 231 Å². The summed E-state index contributed by atoms with van der Waals surface area (Å²) in [6, 6.07) is 10.5. The SMILES string of the molecule is CCNC(=O)Nc1cc(C(=O)NC(CC(=O)O)c2cccnc2)ccc1N1CCN(C(=O)c2cccnc2)CC1. The molecule has 0 spiro atoms. The van der Waals surface area contributed by atoms with E-state index in [4.69, 9.17) is 0 Å². The van der Waals surface area contributed by atoms with Gasteiger partial charge in [0, 0.05) is 63.1 Å². The molecule has 12 nitrogen and oxygen atoms in total. The summed E-state index contributed by atoms with van der Waals surface area (Å²) < 4.78 is 0. The molecule has 0 aliphatic carbocycles. The van der Waals surface area contributed by atoms with Crippen molar-refractivity contribution < 1.29 is 24.3 Å². The van der Waals surface area contributed by atoms with Crippen LogP contribution < -0.4 is 20.9 Å². The fraction of sp³-hybridized carbons (Fsp3) is 0.286. The van der Waals surface area contributed by atoms with Gasteiger partial charge in [-0.2, -0.15) is 0 Å². The summed E-state index contributed by atoms with van der Waals surface area (Å²) in [6.45, 7) is 4.19. The molecule has 0 bridgehead atoms. The number of benzene rings is 1. The van der Waals surface area contributed by atoms with Gasteiger partial charge < -0.3 is 30.9 Å². The number of urea groups is 1. The Kier molecular flexibility index (Phi) is 9.23. The zero-order valence-corrected chi connectivity index (χ0v) is 22.0. The topological polar surface area (TPSA) is 157 Å². The number of pyridine rings is 2. The average molecular weight is 546 g/mol. The van der Waals surface area contributed by atoms with E-state index in [0.717, 1.165) is 0 Å². The maximum Gasteiger partial charge on any atom is 0.319 e. The van der Waals surface area contributed by atoms with Crippen molar-refractivity contribution >= 4 is 35.2 Å². The Morgan fingerprint density at radius 3 is 2.30 bits per heavy atom. The van der Waals surface area contributed by atoms with Crippen LogP contribution in [0.4, 0.5) is 16.2 Å². The lowest BCUT2D eigenvalue weighted by atomic mass is 10.0. The van der Waals surface area contributed by atoms with Crippen molar-refractivity contribution in [3.05, 3.63) is 83.9 Å². The van der Waals surface area contributed by atoms with E-state index < -0.39 is 23.9 Å². The lowest BCUT2D eigenvalue weighted by molar-refractivity contribution is -0.137. The molecule has 1 atom stereocenters. The molecule has 1 aliphatic heterocycles. The highest BCUT2D eigenvalue weighted by Crippen LogP contribution is 2.29. The lowest BCUT2D eigenvalue weighted by Crippen LogP contribution is -2.49. The Hall–Kier alpha value is -5.00. The van der Waals surface area contributed by atoms with Crippen molar-refractivity contribution in [1.29, 1.82) is 0 Å². The number of nitrogens with zero attached hydrogens (tertiary/aromatic N) is 4. The third kappa shape index (κ3) is 7.10. The van der Waals surface area contributed by atoms with Crippen molar-refractivity contribution in [3.8, 4) is 0 Å². The third-order valence-corrected chi connectivity index (χ3v) is 6.43. The molecule has 0 saturated carbocycles. The molecule has 208 valence electrons. The van der Waals surface area contributed by atoms with Crippen LogP contribution in [-0.2, 0) is 4.79 Å². The molecule has 1 aromatic carbocycles. The first-order valence-electron chi connectivity index (χ1n) is 12.9. The molecule has 1 fully saturated rings. The van der Waals surface area contributed by atoms with Crippen LogP contribution in [0.25, 0.3) is 0 Å². The minimum atomic E-state index is -1.07. The van der Waals surface area contributed by atoms with Crippen LogP contribution in [-0.4, -0.2) is 76.5 Å². The molecule has 1 unspecified atom stereocenters. The first kappa shape index (κ1) is 28.0. The number of carbonyl (C=O) groups is 4. The largest absolute Gasteiger partial charge is 0.481 e. The van der Waals surface area contributed by atoms with E-state index in [0.29, 0.717) is 55.2 Å². The van der Waals surface area contributed by atoms with Gasteiger partial charge in [-0.25, -0.2) is 4.79 Å². The molecular weight excluding hydrogens is 514 g/mol. The summed E-state index contributed by atoms with van der Waals surface area (Å²) in [6.07, 6.45) is 5.92. The molecule has 0 radical (unpaired) electrons. The Morgan fingerprint density at radius 1 is 0.950 bits per heavy atom. The van der Waals surface area contributed by atoms with E-state index in [2.05, 4.69) is 25.9 Å².